The van der Waals surface area contributed by atoms with Crippen molar-refractivity contribution in [3.8, 4) is 0 Å². The summed E-state index contributed by atoms with van der Waals surface area (Å²) >= 11 is 0. The van der Waals surface area contributed by atoms with Gasteiger partial charge in [0.2, 0.25) is 0 Å². The van der Waals surface area contributed by atoms with Crippen molar-refractivity contribution in [2.45, 2.75) is 44.9 Å². The Hall–Kier alpha value is -2.24. The average molecular weight is 343 g/mol. The van der Waals surface area contributed by atoms with Gasteiger partial charge in [0.1, 0.15) is 0 Å². The maximum absolute atomic E-state index is 12.6. The molecule has 1 aromatic heterocycles. The number of rotatable bonds is 1. The fourth-order valence-corrected chi connectivity index (χ4v) is 4.40. The van der Waals surface area contributed by atoms with E-state index in [1.54, 1.807) is 19.2 Å². The number of carbonyl (C=O) groups is 1. The fraction of sp³-hybridized carbons (Fsp3) is 0.579. The molecule has 1 aliphatic heterocycles. The summed E-state index contributed by atoms with van der Waals surface area (Å²) in [6.45, 7) is 1.66. The normalized spacial score (nSPS) is 20.1. The number of amides is 2. The van der Waals surface area contributed by atoms with Crippen LogP contribution in [0.4, 0.5) is 10.5 Å². The highest BCUT2D eigenvalue weighted by Crippen LogP contribution is 2.44. The number of fused-ring (bicyclic) bond motifs is 1. The standard InChI is InChI=1S/C19H25N3O3/c1-21-15-6-5-14(13-16(15)25-18(21)24)20-17(23)22-11-9-19(10-12-22)7-3-2-4-8-19/h5-6,13H,2-4,7-12H2,1H3,(H,20,23). The van der Waals surface area contributed by atoms with Gasteiger partial charge in [0.15, 0.2) is 5.58 Å². The van der Waals surface area contributed by atoms with Crippen LogP contribution in [0, 0.1) is 5.41 Å². The number of carbonyl (C=O) groups excluding carboxylic acids is 1. The Morgan fingerprint density at radius 1 is 1.12 bits per heavy atom. The SMILES string of the molecule is Cn1c(=O)oc2cc(NC(=O)N3CCC4(CCCCC4)CC3)ccc21. The molecule has 2 amide bonds. The average Bonchev–Trinajstić information content (AvgIpc) is 2.90. The third-order valence-corrected chi connectivity index (χ3v) is 6.07. The van der Waals surface area contributed by atoms with Gasteiger partial charge in [-0.1, -0.05) is 19.3 Å². The Morgan fingerprint density at radius 2 is 1.84 bits per heavy atom. The molecule has 2 aliphatic rings. The zero-order valence-corrected chi connectivity index (χ0v) is 14.7. The maximum Gasteiger partial charge on any atom is 0.419 e. The number of benzene rings is 1. The lowest BCUT2D eigenvalue weighted by molar-refractivity contribution is 0.0849. The minimum atomic E-state index is -0.396. The van der Waals surface area contributed by atoms with Gasteiger partial charge in [0, 0.05) is 31.9 Å². The molecule has 2 aromatic rings. The minimum absolute atomic E-state index is 0.0664. The Kier molecular flexibility index (Phi) is 4.06. The number of nitrogens with one attached hydrogen (secondary N) is 1. The highest BCUT2D eigenvalue weighted by atomic mass is 16.4. The van der Waals surface area contributed by atoms with E-state index in [0.29, 0.717) is 16.7 Å². The first-order valence-corrected chi connectivity index (χ1v) is 9.22. The van der Waals surface area contributed by atoms with Crippen LogP contribution in [0.2, 0.25) is 0 Å². The van der Waals surface area contributed by atoms with E-state index in [1.807, 2.05) is 11.0 Å². The van der Waals surface area contributed by atoms with Crippen molar-refractivity contribution in [2.24, 2.45) is 12.5 Å². The largest absolute Gasteiger partial charge is 0.419 e. The molecule has 134 valence electrons. The van der Waals surface area contributed by atoms with Crippen molar-refractivity contribution in [3.05, 3.63) is 28.7 Å². The van der Waals surface area contributed by atoms with Crippen LogP contribution in [0.15, 0.2) is 27.4 Å². The van der Waals surface area contributed by atoms with Crippen LogP contribution in [0.1, 0.15) is 44.9 Å². The predicted octanol–water partition coefficient (Wildman–Crippen LogP) is 3.71. The summed E-state index contributed by atoms with van der Waals surface area (Å²) in [5, 5.41) is 2.94. The number of likely N-dealkylation sites (tertiary alicyclic amines) is 1. The fourth-order valence-electron chi connectivity index (χ4n) is 4.40. The number of piperidine rings is 1. The summed E-state index contributed by atoms with van der Waals surface area (Å²) < 4.78 is 6.64. The molecule has 0 unspecified atom stereocenters. The third kappa shape index (κ3) is 3.05. The quantitative estimate of drug-likeness (QED) is 0.858. The number of aryl methyl sites for hydroxylation is 1. The highest BCUT2D eigenvalue weighted by molar-refractivity contribution is 5.91. The van der Waals surface area contributed by atoms with E-state index in [2.05, 4.69) is 5.32 Å². The van der Waals surface area contributed by atoms with E-state index in [9.17, 15) is 9.59 Å². The molecule has 1 saturated carbocycles. The predicted molar refractivity (Wildman–Crippen MR) is 96.8 cm³/mol. The molecule has 1 N–H and O–H groups in total. The molecule has 2 heterocycles. The molecule has 1 aliphatic carbocycles. The summed E-state index contributed by atoms with van der Waals surface area (Å²) in [5.74, 6) is -0.396. The second-order valence-corrected chi connectivity index (χ2v) is 7.59. The van der Waals surface area contributed by atoms with E-state index < -0.39 is 5.76 Å². The maximum atomic E-state index is 12.6. The number of urea groups is 1. The van der Waals surface area contributed by atoms with Gasteiger partial charge in [-0.15, -0.1) is 0 Å². The summed E-state index contributed by atoms with van der Waals surface area (Å²) in [7, 11) is 1.67. The molecule has 0 bridgehead atoms. The Balaban J connectivity index is 1.41. The van der Waals surface area contributed by atoms with Gasteiger partial charge in [0.25, 0.3) is 0 Å². The van der Waals surface area contributed by atoms with E-state index in [1.165, 1.54) is 36.7 Å². The number of nitrogens with zero attached hydrogens (tertiary/aromatic N) is 2. The summed E-state index contributed by atoms with van der Waals surface area (Å²) in [6, 6.07) is 5.25. The molecule has 1 saturated heterocycles. The van der Waals surface area contributed by atoms with E-state index >= 15 is 0 Å². The molecule has 1 aromatic carbocycles. The molecule has 0 radical (unpaired) electrons. The van der Waals surface area contributed by atoms with Crippen LogP contribution in [-0.2, 0) is 7.05 Å². The summed E-state index contributed by atoms with van der Waals surface area (Å²) in [6.07, 6.45) is 8.94. The van der Waals surface area contributed by atoms with Crippen molar-refractivity contribution < 1.29 is 9.21 Å². The number of anilines is 1. The van der Waals surface area contributed by atoms with Gasteiger partial charge >= 0.3 is 11.8 Å². The van der Waals surface area contributed by atoms with Crippen LogP contribution in [0.5, 0.6) is 0 Å². The summed E-state index contributed by atoms with van der Waals surface area (Å²) in [4.78, 5) is 26.0. The van der Waals surface area contributed by atoms with Crippen LogP contribution < -0.4 is 11.1 Å². The monoisotopic (exact) mass is 343 g/mol. The molecular formula is C19H25N3O3. The van der Waals surface area contributed by atoms with Crippen LogP contribution >= 0.6 is 0 Å². The molecule has 6 heteroatoms. The minimum Gasteiger partial charge on any atom is -0.408 e. The molecular weight excluding hydrogens is 318 g/mol. The van der Waals surface area contributed by atoms with Gasteiger partial charge < -0.3 is 14.6 Å². The number of hydrogen-bond acceptors (Lipinski definition) is 3. The van der Waals surface area contributed by atoms with E-state index in [4.69, 9.17) is 4.42 Å². The lowest BCUT2D eigenvalue weighted by Crippen LogP contribution is -2.45. The van der Waals surface area contributed by atoms with Crippen molar-refractivity contribution in [1.29, 1.82) is 0 Å². The first-order chi connectivity index (χ1) is 12.1. The zero-order valence-electron chi connectivity index (χ0n) is 14.7. The molecule has 2 fully saturated rings. The van der Waals surface area contributed by atoms with E-state index in [-0.39, 0.29) is 6.03 Å². The Bertz CT molecular complexity index is 835. The lowest BCUT2D eigenvalue weighted by Gasteiger charge is -2.44. The lowest BCUT2D eigenvalue weighted by atomic mass is 9.68. The molecule has 0 atom stereocenters. The van der Waals surface area contributed by atoms with Gasteiger partial charge in [0.05, 0.1) is 5.52 Å². The first kappa shape index (κ1) is 16.2. The third-order valence-electron chi connectivity index (χ3n) is 6.07. The topological polar surface area (TPSA) is 67.5 Å². The van der Waals surface area contributed by atoms with Crippen molar-refractivity contribution in [3.63, 3.8) is 0 Å². The first-order valence-electron chi connectivity index (χ1n) is 9.22. The highest BCUT2D eigenvalue weighted by Gasteiger charge is 2.36. The van der Waals surface area contributed by atoms with Gasteiger partial charge in [-0.25, -0.2) is 9.59 Å². The van der Waals surface area contributed by atoms with E-state index in [0.717, 1.165) is 31.4 Å². The second kappa shape index (κ2) is 6.24. The Morgan fingerprint density at radius 3 is 2.56 bits per heavy atom. The van der Waals surface area contributed by atoms with Gasteiger partial charge in [-0.3, -0.25) is 4.57 Å². The number of oxazole rings is 1. The van der Waals surface area contributed by atoms with Crippen molar-refractivity contribution in [2.75, 3.05) is 18.4 Å². The van der Waals surface area contributed by atoms with Gasteiger partial charge in [-0.2, -0.15) is 0 Å². The second-order valence-electron chi connectivity index (χ2n) is 7.59. The molecule has 1 spiro atoms. The van der Waals surface area contributed by atoms with Crippen LogP contribution in [-0.4, -0.2) is 28.6 Å². The van der Waals surface area contributed by atoms with Crippen molar-refractivity contribution >= 4 is 22.8 Å². The smallest absolute Gasteiger partial charge is 0.408 e. The molecule has 6 nitrogen and oxygen atoms in total. The van der Waals surface area contributed by atoms with Crippen molar-refractivity contribution in [1.82, 2.24) is 9.47 Å². The Labute approximate surface area is 146 Å². The summed E-state index contributed by atoms with van der Waals surface area (Å²) in [5.41, 5.74) is 2.36. The number of aromatic nitrogens is 1. The van der Waals surface area contributed by atoms with Crippen LogP contribution in [0.25, 0.3) is 11.1 Å². The molecule has 4 rings (SSSR count). The zero-order chi connectivity index (χ0) is 17.4. The number of hydrogen-bond donors (Lipinski definition) is 1. The van der Waals surface area contributed by atoms with Gasteiger partial charge in [-0.05, 0) is 43.2 Å². The van der Waals surface area contributed by atoms with Crippen LogP contribution in [0.3, 0.4) is 0 Å². The molecule has 25 heavy (non-hydrogen) atoms.